The van der Waals surface area contributed by atoms with Gasteiger partial charge in [-0.3, -0.25) is 9.59 Å². The van der Waals surface area contributed by atoms with Crippen LogP contribution in [0.5, 0.6) is 0 Å². The third-order valence-electron chi connectivity index (χ3n) is 4.43. The fourth-order valence-electron chi connectivity index (χ4n) is 2.79. The number of amides is 1. The molecule has 0 spiro atoms. The van der Waals surface area contributed by atoms with Crippen LogP contribution in [-0.4, -0.2) is 20.1 Å². The van der Waals surface area contributed by atoms with E-state index in [-0.39, 0.29) is 36.0 Å². The molecular weight excluding hydrogens is 400 g/mol. The van der Waals surface area contributed by atoms with Crippen LogP contribution < -0.4 is 10.0 Å². The van der Waals surface area contributed by atoms with Gasteiger partial charge in [-0.1, -0.05) is 60.7 Å². The molecule has 0 aliphatic carbocycles. The molecule has 0 radical (unpaired) electrons. The molecular formula is C23H22N2O4S. The molecule has 1 amide bonds. The zero-order valence-electron chi connectivity index (χ0n) is 16.2. The van der Waals surface area contributed by atoms with E-state index in [1.807, 2.05) is 36.4 Å². The number of nitrogens with one attached hydrogen (secondary N) is 2. The van der Waals surface area contributed by atoms with Crippen molar-refractivity contribution >= 4 is 27.4 Å². The molecule has 6 nitrogen and oxygen atoms in total. The van der Waals surface area contributed by atoms with E-state index < -0.39 is 10.0 Å². The van der Waals surface area contributed by atoms with E-state index in [1.54, 1.807) is 24.3 Å². The summed E-state index contributed by atoms with van der Waals surface area (Å²) in [5, 5.41) is 2.68. The summed E-state index contributed by atoms with van der Waals surface area (Å²) in [6.07, 6.45) is 0.151. The molecule has 30 heavy (non-hydrogen) atoms. The van der Waals surface area contributed by atoms with Crippen molar-refractivity contribution in [3.05, 3.63) is 96.1 Å². The smallest absolute Gasteiger partial charge is 0.240 e. The molecule has 3 aromatic carbocycles. The van der Waals surface area contributed by atoms with Gasteiger partial charge in [-0.15, -0.1) is 0 Å². The second-order valence-corrected chi connectivity index (χ2v) is 8.44. The van der Waals surface area contributed by atoms with Crippen LogP contribution in [0.4, 0.5) is 5.69 Å². The van der Waals surface area contributed by atoms with Crippen LogP contribution >= 0.6 is 0 Å². The van der Waals surface area contributed by atoms with Crippen LogP contribution in [0.25, 0.3) is 0 Å². The monoisotopic (exact) mass is 422 g/mol. The fraction of sp³-hybridized carbons (Fsp3) is 0.130. The van der Waals surface area contributed by atoms with E-state index in [1.165, 1.54) is 24.3 Å². The van der Waals surface area contributed by atoms with Gasteiger partial charge in [-0.2, -0.15) is 0 Å². The number of hydrogen-bond donors (Lipinski definition) is 2. The summed E-state index contributed by atoms with van der Waals surface area (Å²) in [6, 6.07) is 23.9. The van der Waals surface area contributed by atoms with Crippen LogP contribution in [0.15, 0.2) is 89.8 Å². The lowest BCUT2D eigenvalue weighted by Crippen LogP contribution is -2.23. The van der Waals surface area contributed by atoms with E-state index in [9.17, 15) is 18.0 Å². The number of rotatable bonds is 9. The van der Waals surface area contributed by atoms with E-state index >= 15 is 0 Å². The number of carbonyl (C=O) groups is 2. The lowest BCUT2D eigenvalue weighted by Gasteiger charge is -2.09. The maximum absolute atomic E-state index is 12.4. The molecule has 3 aromatic rings. The van der Waals surface area contributed by atoms with Gasteiger partial charge in [0.25, 0.3) is 0 Å². The summed E-state index contributed by atoms with van der Waals surface area (Å²) in [5.41, 5.74) is 1.90. The van der Waals surface area contributed by atoms with E-state index in [0.717, 1.165) is 5.56 Å². The Kier molecular flexibility index (Phi) is 7.11. The number of hydrogen-bond acceptors (Lipinski definition) is 4. The average Bonchev–Trinajstić information content (AvgIpc) is 2.78. The Hall–Kier alpha value is -3.29. The van der Waals surface area contributed by atoms with Crippen molar-refractivity contribution in [1.29, 1.82) is 0 Å². The molecule has 0 saturated heterocycles. The highest BCUT2D eigenvalue weighted by molar-refractivity contribution is 7.89. The molecule has 7 heteroatoms. The number of anilines is 1. The third kappa shape index (κ3) is 6.10. The zero-order chi connectivity index (χ0) is 21.4. The van der Waals surface area contributed by atoms with Gasteiger partial charge in [-0.05, 0) is 29.8 Å². The number of ketones is 1. The molecule has 0 fully saturated rings. The van der Waals surface area contributed by atoms with Gasteiger partial charge in [0.05, 0.1) is 4.90 Å². The van der Waals surface area contributed by atoms with Crippen LogP contribution in [0.1, 0.15) is 28.8 Å². The maximum atomic E-state index is 12.4. The Labute approximate surface area is 176 Å². The maximum Gasteiger partial charge on any atom is 0.240 e. The molecule has 0 atom stereocenters. The summed E-state index contributed by atoms with van der Waals surface area (Å²) in [5.74, 6) is -0.409. The predicted octanol–water partition coefficient (Wildman–Crippen LogP) is 3.77. The molecule has 0 aliphatic rings. The predicted molar refractivity (Wildman–Crippen MR) is 116 cm³/mol. The molecule has 2 N–H and O–H groups in total. The largest absolute Gasteiger partial charge is 0.326 e. The first kappa shape index (κ1) is 21.4. The van der Waals surface area contributed by atoms with E-state index in [2.05, 4.69) is 10.0 Å². The van der Waals surface area contributed by atoms with Crippen molar-refractivity contribution in [2.24, 2.45) is 0 Å². The molecule has 3 rings (SSSR count). The highest BCUT2D eigenvalue weighted by atomic mass is 32.2. The third-order valence-corrected chi connectivity index (χ3v) is 5.85. The van der Waals surface area contributed by atoms with Crippen molar-refractivity contribution in [2.45, 2.75) is 24.3 Å². The fourth-order valence-corrected chi connectivity index (χ4v) is 3.81. The van der Waals surface area contributed by atoms with Gasteiger partial charge in [-0.25, -0.2) is 13.1 Å². The van der Waals surface area contributed by atoms with E-state index in [4.69, 9.17) is 0 Å². The summed E-state index contributed by atoms with van der Waals surface area (Å²) >= 11 is 0. The molecule has 0 aromatic heterocycles. The topological polar surface area (TPSA) is 92.3 Å². The number of sulfonamides is 1. The lowest BCUT2D eigenvalue weighted by molar-refractivity contribution is -0.116. The number of carbonyl (C=O) groups excluding carboxylic acids is 2. The number of benzene rings is 3. The first-order valence-corrected chi connectivity index (χ1v) is 10.9. The first-order valence-electron chi connectivity index (χ1n) is 9.46. The highest BCUT2D eigenvalue weighted by Crippen LogP contribution is 2.15. The molecule has 154 valence electrons. The van der Waals surface area contributed by atoms with Gasteiger partial charge >= 0.3 is 0 Å². The van der Waals surface area contributed by atoms with Crippen LogP contribution in [0.3, 0.4) is 0 Å². The minimum absolute atomic E-state index is 0.0480. The minimum Gasteiger partial charge on any atom is -0.326 e. The van der Waals surface area contributed by atoms with Gasteiger partial charge in [0.2, 0.25) is 15.9 Å². The second-order valence-electron chi connectivity index (χ2n) is 6.67. The van der Waals surface area contributed by atoms with Gasteiger partial charge < -0.3 is 5.32 Å². The van der Waals surface area contributed by atoms with Crippen molar-refractivity contribution in [3.63, 3.8) is 0 Å². The van der Waals surface area contributed by atoms with Gasteiger partial charge in [0, 0.05) is 30.6 Å². The summed E-state index contributed by atoms with van der Waals surface area (Å²) in [7, 11) is -3.66. The Morgan fingerprint density at radius 2 is 1.33 bits per heavy atom. The van der Waals surface area contributed by atoms with E-state index in [0.29, 0.717) is 11.3 Å². The molecule has 0 saturated carbocycles. The van der Waals surface area contributed by atoms with Crippen LogP contribution in [0, 0.1) is 0 Å². The lowest BCUT2D eigenvalue weighted by atomic mass is 10.1. The number of Topliss-reactive ketones (excluding diaryl/α,β-unsaturated/α-hetero) is 1. The van der Waals surface area contributed by atoms with Gasteiger partial charge in [0.1, 0.15) is 0 Å². The Morgan fingerprint density at radius 1 is 0.733 bits per heavy atom. The van der Waals surface area contributed by atoms with Crippen molar-refractivity contribution in [2.75, 3.05) is 5.32 Å². The highest BCUT2D eigenvalue weighted by Gasteiger charge is 2.14. The average molecular weight is 423 g/mol. The van der Waals surface area contributed by atoms with Crippen molar-refractivity contribution in [3.8, 4) is 0 Å². The molecule has 0 aliphatic heterocycles. The standard InChI is InChI=1S/C23H22N2O4S/c26-22(19-9-5-2-6-10-19)15-16-23(27)25-20-11-13-21(14-12-20)30(28,29)24-17-18-7-3-1-4-8-18/h1-14,24H,15-17H2,(H,25,27). The SMILES string of the molecule is O=C(CCC(=O)c1ccccc1)Nc1ccc(S(=O)(=O)NCc2ccccc2)cc1. The Bertz CT molecular complexity index is 1100. The second kappa shape index (κ2) is 9.96. The molecule has 0 bridgehead atoms. The normalized spacial score (nSPS) is 11.1. The Balaban J connectivity index is 1.52. The van der Waals surface area contributed by atoms with Gasteiger partial charge in [0.15, 0.2) is 5.78 Å². The molecule has 0 unspecified atom stereocenters. The first-order chi connectivity index (χ1) is 14.4. The summed E-state index contributed by atoms with van der Waals surface area (Å²) < 4.78 is 27.4. The summed E-state index contributed by atoms with van der Waals surface area (Å²) in [4.78, 5) is 24.3. The van der Waals surface area contributed by atoms with Crippen molar-refractivity contribution < 1.29 is 18.0 Å². The van der Waals surface area contributed by atoms with Crippen LogP contribution in [0.2, 0.25) is 0 Å². The minimum atomic E-state index is -3.66. The quantitative estimate of drug-likeness (QED) is 0.514. The molecule has 0 heterocycles. The van der Waals surface area contributed by atoms with Crippen LogP contribution in [-0.2, 0) is 21.4 Å². The van der Waals surface area contributed by atoms with Crippen molar-refractivity contribution in [1.82, 2.24) is 4.72 Å². The Morgan fingerprint density at radius 3 is 1.97 bits per heavy atom. The zero-order valence-corrected chi connectivity index (χ0v) is 17.1. The summed E-state index contributed by atoms with van der Waals surface area (Å²) in [6.45, 7) is 0.192.